The number of nitrogens with two attached hydrogens (primary N) is 1. The van der Waals surface area contributed by atoms with Crippen molar-refractivity contribution >= 4 is 11.8 Å². The van der Waals surface area contributed by atoms with Crippen molar-refractivity contribution in [1.29, 1.82) is 0 Å². The second-order valence-corrected chi connectivity index (χ2v) is 7.35. The van der Waals surface area contributed by atoms with Crippen LogP contribution < -0.4 is 16.4 Å². The zero-order valence-electron chi connectivity index (χ0n) is 16.6. The number of aromatic hydroxyl groups is 1. The highest BCUT2D eigenvalue weighted by Crippen LogP contribution is 2.16. The van der Waals surface area contributed by atoms with Gasteiger partial charge in [-0.3, -0.25) is 20.2 Å². The standard InChI is InChI=1S/C22H29N3O3/c1-14(2)20(23)22(28)25-21(27)19(13-16-9-11-18(26)12-10-16)24-15(3)17-7-5-4-6-8-17/h4-12,14-15,19-20,24,26H,13,23H2,1-3H3,(H,25,27,28)/t15-,19-,20-/m0/s1. The summed E-state index contributed by atoms with van der Waals surface area (Å²) in [5, 5.41) is 15.2. The molecule has 3 atom stereocenters. The van der Waals surface area contributed by atoms with Crippen LogP contribution in [0.25, 0.3) is 0 Å². The van der Waals surface area contributed by atoms with E-state index in [1.165, 1.54) is 0 Å². The third-order valence-electron chi connectivity index (χ3n) is 4.71. The number of carbonyl (C=O) groups is 2. The number of hydrogen-bond donors (Lipinski definition) is 4. The van der Waals surface area contributed by atoms with Gasteiger partial charge in [0.25, 0.3) is 0 Å². The number of hydrogen-bond acceptors (Lipinski definition) is 5. The molecule has 150 valence electrons. The molecule has 0 aliphatic rings. The number of phenolic OH excluding ortho intramolecular Hbond substituents is 1. The molecule has 0 fully saturated rings. The lowest BCUT2D eigenvalue weighted by atomic mass is 10.0. The van der Waals surface area contributed by atoms with Crippen LogP contribution in [0.3, 0.4) is 0 Å². The molecule has 0 aromatic heterocycles. The lowest BCUT2D eigenvalue weighted by Crippen LogP contribution is -2.53. The number of amides is 2. The summed E-state index contributed by atoms with van der Waals surface area (Å²) in [6.07, 6.45) is 0.369. The van der Waals surface area contributed by atoms with Crippen molar-refractivity contribution in [2.75, 3.05) is 0 Å². The first-order valence-electron chi connectivity index (χ1n) is 9.47. The van der Waals surface area contributed by atoms with E-state index >= 15 is 0 Å². The maximum Gasteiger partial charge on any atom is 0.244 e. The van der Waals surface area contributed by atoms with Crippen LogP contribution in [0.5, 0.6) is 5.75 Å². The summed E-state index contributed by atoms with van der Waals surface area (Å²) in [6.45, 7) is 5.63. The minimum atomic E-state index is -0.746. The van der Waals surface area contributed by atoms with Gasteiger partial charge in [0.2, 0.25) is 11.8 Å². The van der Waals surface area contributed by atoms with Crippen LogP contribution in [0.2, 0.25) is 0 Å². The normalized spacial score (nSPS) is 14.3. The highest BCUT2D eigenvalue weighted by molar-refractivity contribution is 6.00. The zero-order chi connectivity index (χ0) is 20.7. The van der Waals surface area contributed by atoms with E-state index in [-0.39, 0.29) is 17.7 Å². The fourth-order valence-electron chi connectivity index (χ4n) is 2.83. The molecule has 0 saturated heterocycles. The minimum absolute atomic E-state index is 0.0699. The predicted octanol–water partition coefficient (Wildman–Crippen LogP) is 2.28. The first-order valence-corrected chi connectivity index (χ1v) is 9.47. The van der Waals surface area contributed by atoms with Crippen molar-refractivity contribution in [1.82, 2.24) is 10.6 Å². The van der Waals surface area contributed by atoms with E-state index in [2.05, 4.69) is 10.6 Å². The summed E-state index contributed by atoms with van der Waals surface area (Å²) in [6, 6.07) is 15.0. The van der Waals surface area contributed by atoms with Crippen LogP contribution in [-0.2, 0) is 16.0 Å². The molecule has 6 nitrogen and oxygen atoms in total. The van der Waals surface area contributed by atoms with Crippen LogP contribution in [0.1, 0.15) is 37.9 Å². The van der Waals surface area contributed by atoms with Gasteiger partial charge < -0.3 is 10.8 Å². The first-order chi connectivity index (χ1) is 13.3. The van der Waals surface area contributed by atoms with Crippen molar-refractivity contribution in [2.45, 2.75) is 45.3 Å². The van der Waals surface area contributed by atoms with Gasteiger partial charge in [0.15, 0.2) is 0 Å². The third kappa shape index (κ3) is 6.18. The Hall–Kier alpha value is -2.70. The Morgan fingerprint density at radius 2 is 1.57 bits per heavy atom. The Morgan fingerprint density at radius 3 is 2.14 bits per heavy atom. The maximum atomic E-state index is 12.8. The number of nitrogens with one attached hydrogen (secondary N) is 2. The maximum absolute atomic E-state index is 12.8. The summed E-state index contributed by atoms with van der Waals surface area (Å²) in [5.74, 6) is -0.810. The highest BCUT2D eigenvalue weighted by atomic mass is 16.3. The van der Waals surface area contributed by atoms with Crippen LogP contribution in [0.15, 0.2) is 54.6 Å². The summed E-state index contributed by atoms with van der Waals surface area (Å²) in [4.78, 5) is 25.1. The van der Waals surface area contributed by atoms with Gasteiger partial charge in [0.05, 0.1) is 12.1 Å². The van der Waals surface area contributed by atoms with Gasteiger partial charge in [0, 0.05) is 6.04 Å². The second-order valence-electron chi connectivity index (χ2n) is 7.35. The molecule has 0 unspecified atom stereocenters. The fraction of sp³-hybridized carbons (Fsp3) is 0.364. The van der Waals surface area contributed by atoms with Crippen LogP contribution in [0, 0.1) is 5.92 Å². The molecule has 0 saturated carbocycles. The molecule has 0 aliphatic carbocycles. The Labute approximate surface area is 166 Å². The average Bonchev–Trinajstić information content (AvgIpc) is 2.68. The Morgan fingerprint density at radius 1 is 0.964 bits per heavy atom. The number of rotatable bonds is 8. The van der Waals surface area contributed by atoms with Crippen molar-refractivity contribution in [2.24, 2.45) is 11.7 Å². The number of carbonyl (C=O) groups excluding carboxylic acids is 2. The molecule has 0 heterocycles. The van der Waals surface area contributed by atoms with Gasteiger partial charge in [-0.2, -0.15) is 0 Å². The molecule has 6 heteroatoms. The molecule has 0 bridgehead atoms. The lowest BCUT2D eigenvalue weighted by Gasteiger charge is -2.24. The molecule has 2 rings (SSSR count). The van der Waals surface area contributed by atoms with Crippen molar-refractivity contribution in [3.63, 3.8) is 0 Å². The van der Waals surface area contributed by atoms with Crippen LogP contribution in [0.4, 0.5) is 0 Å². The Bertz CT molecular complexity index is 775. The van der Waals surface area contributed by atoms with Gasteiger partial charge >= 0.3 is 0 Å². The summed E-state index contributed by atoms with van der Waals surface area (Å²) in [7, 11) is 0. The quantitative estimate of drug-likeness (QED) is 0.560. The summed E-state index contributed by atoms with van der Waals surface area (Å²) in [5.41, 5.74) is 7.76. The molecular weight excluding hydrogens is 354 g/mol. The summed E-state index contributed by atoms with van der Waals surface area (Å²) < 4.78 is 0. The van der Waals surface area contributed by atoms with Crippen LogP contribution >= 0.6 is 0 Å². The first kappa shape index (κ1) is 21.6. The lowest BCUT2D eigenvalue weighted by molar-refractivity contribution is -0.132. The van der Waals surface area contributed by atoms with E-state index in [0.29, 0.717) is 6.42 Å². The van der Waals surface area contributed by atoms with E-state index in [1.54, 1.807) is 24.3 Å². The van der Waals surface area contributed by atoms with Gasteiger partial charge in [-0.05, 0) is 42.5 Å². The molecule has 0 radical (unpaired) electrons. The number of phenols is 1. The topological polar surface area (TPSA) is 104 Å². The Kier molecular flexibility index (Phi) is 7.72. The number of benzene rings is 2. The van der Waals surface area contributed by atoms with E-state index in [9.17, 15) is 14.7 Å². The van der Waals surface area contributed by atoms with Crippen molar-refractivity contribution < 1.29 is 14.7 Å². The average molecular weight is 383 g/mol. The monoisotopic (exact) mass is 383 g/mol. The molecule has 2 amide bonds. The minimum Gasteiger partial charge on any atom is -0.508 e. The number of imide groups is 1. The third-order valence-corrected chi connectivity index (χ3v) is 4.71. The van der Waals surface area contributed by atoms with Crippen LogP contribution in [-0.4, -0.2) is 29.0 Å². The van der Waals surface area contributed by atoms with Crippen molar-refractivity contribution in [3.05, 3.63) is 65.7 Å². The molecule has 2 aromatic carbocycles. The van der Waals surface area contributed by atoms with E-state index in [1.807, 2.05) is 51.1 Å². The van der Waals surface area contributed by atoms with Gasteiger partial charge in [0.1, 0.15) is 5.75 Å². The van der Waals surface area contributed by atoms with E-state index < -0.39 is 23.9 Å². The van der Waals surface area contributed by atoms with Crippen molar-refractivity contribution in [3.8, 4) is 5.75 Å². The molecule has 0 aliphatic heterocycles. The van der Waals surface area contributed by atoms with Gasteiger partial charge in [-0.1, -0.05) is 56.3 Å². The molecular formula is C22H29N3O3. The SMILES string of the molecule is CC(C)[C@H](N)C(=O)NC(=O)[C@H](Cc1ccc(O)cc1)N[C@@H](C)c1ccccc1. The molecule has 28 heavy (non-hydrogen) atoms. The highest BCUT2D eigenvalue weighted by Gasteiger charge is 2.26. The summed E-state index contributed by atoms with van der Waals surface area (Å²) >= 11 is 0. The second kappa shape index (κ2) is 10.0. The predicted molar refractivity (Wildman–Crippen MR) is 110 cm³/mol. The largest absolute Gasteiger partial charge is 0.508 e. The Balaban J connectivity index is 2.15. The van der Waals surface area contributed by atoms with E-state index in [0.717, 1.165) is 11.1 Å². The smallest absolute Gasteiger partial charge is 0.244 e. The zero-order valence-corrected chi connectivity index (χ0v) is 16.6. The molecule has 2 aromatic rings. The molecule has 0 spiro atoms. The van der Waals surface area contributed by atoms with E-state index in [4.69, 9.17) is 5.73 Å². The molecule has 5 N–H and O–H groups in total. The fourth-order valence-corrected chi connectivity index (χ4v) is 2.83. The van der Waals surface area contributed by atoms with Gasteiger partial charge in [-0.15, -0.1) is 0 Å². The van der Waals surface area contributed by atoms with Gasteiger partial charge in [-0.25, -0.2) is 0 Å².